The van der Waals surface area contributed by atoms with Crippen LogP contribution in [0.2, 0.25) is 5.02 Å². The standard InChI is InChI=1S/C14H13BrClFN2O/c1-8(18-2)13-4-3-9(7-19-13)20-14-6-12(17)11(16)5-10(14)15/h3-8,18H,1-2H3. The average Bonchev–Trinajstić information content (AvgIpc) is 2.44. The summed E-state index contributed by atoms with van der Waals surface area (Å²) in [5, 5.41) is 3.14. The minimum atomic E-state index is -0.529. The van der Waals surface area contributed by atoms with Gasteiger partial charge < -0.3 is 10.1 Å². The Morgan fingerprint density at radius 3 is 2.75 bits per heavy atom. The number of hydrogen-bond donors (Lipinski definition) is 1. The highest BCUT2D eigenvalue weighted by molar-refractivity contribution is 9.10. The molecule has 1 heterocycles. The third-order valence-electron chi connectivity index (χ3n) is 2.84. The first-order valence-corrected chi connectivity index (χ1v) is 7.14. The van der Waals surface area contributed by atoms with Gasteiger partial charge in [-0.3, -0.25) is 4.98 Å². The number of nitrogens with one attached hydrogen (secondary N) is 1. The van der Waals surface area contributed by atoms with Crippen molar-refractivity contribution in [2.45, 2.75) is 13.0 Å². The van der Waals surface area contributed by atoms with Crippen molar-refractivity contribution in [2.75, 3.05) is 7.05 Å². The lowest BCUT2D eigenvalue weighted by Gasteiger charge is -2.11. The largest absolute Gasteiger partial charge is 0.454 e. The zero-order valence-electron chi connectivity index (χ0n) is 11.0. The van der Waals surface area contributed by atoms with Gasteiger partial charge in [0.05, 0.1) is 21.4 Å². The number of nitrogens with zero attached hydrogens (tertiary/aromatic N) is 1. The van der Waals surface area contributed by atoms with E-state index in [0.29, 0.717) is 16.0 Å². The molecule has 6 heteroatoms. The van der Waals surface area contributed by atoms with E-state index in [1.807, 2.05) is 20.0 Å². The van der Waals surface area contributed by atoms with Crippen molar-refractivity contribution in [1.29, 1.82) is 0 Å². The summed E-state index contributed by atoms with van der Waals surface area (Å²) in [6, 6.07) is 6.49. The molecule has 0 fully saturated rings. The van der Waals surface area contributed by atoms with E-state index in [4.69, 9.17) is 16.3 Å². The number of pyridine rings is 1. The molecule has 0 radical (unpaired) electrons. The van der Waals surface area contributed by atoms with Crippen molar-refractivity contribution in [3.63, 3.8) is 0 Å². The molecule has 0 bridgehead atoms. The predicted molar refractivity (Wildman–Crippen MR) is 80.9 cm³/mol. The molecule has 1 aromatic heterocycles. The quantitative estimate of drug-likeness (QED) is 0.803. The van der Waals surface area contributed by atoms with Crippen LogP contribution in [0.25, 0.3) is 0 Å². The summed E-state index contributed by atoms with van der Waals surface area (Å²) in [4.78, 5) is 4.29. The van der Waals surface area contributed by atoms with Crippen LogP contribution in [0.1, 0.15) is 18.7 Å². The predicted octanol–water partition coefficient (Wildman–Crippen LogP) is 4.71. The van der Waals surface area contributed by atoms with Crippen LogP contribution in [0.15, 0.2) is 34.9 Å². The lowest BCUT2D eigenvalue weighted by Crippen LogP contribution is -2.13. The molecule has 1 unspecified atom stereocenters. The molecule has 3 nitrogen and oxygen atoms in total. The van der Waals surface area contributed by atoms with Gasteiger partial charge in [-0.1, -0.05) is 11.6 Å². The molecule has 2 aromatic rings. The monoisotopic (exact) mass is 358 g/mol. The summed E-state index contributed by atoms with van der Waals surface area (Å²) in [6.07, 6.45) is 1.60. The van der Waals surface area contributed by atoms with Gasteiger partial charge in [-0.2, -0.15) is 0 Å². The molecule has 0 saturated carbocycles. The van der Waals surface area contributed by atoms with Crippen LogP contribution in [0.4, 0.5) is 4.39 Å². The second-order valence-corrected chi connectivity index (χ2v) is 5.49. The molecule has 0 spiro atoms. The van der Waals surface area contributed by atoms with Crippen molar-refractivity contribution in [2.24, 2.45) is 0 Å². The summed E-state index contributed by atoms with van der Waals surface area (Å²) in [6.45, 7) is 2.01. The van der Waals surface area contributed by atoms with Crippen molar-refractivity contribution >= 4 is 27.5 Å². The number of halogens is 3. The Kier molecular flexibility index (Phi) is 4.96. The van der Waals surface area contributed by atoms with Crippen LogP contribution in [0.3, 0.4) is 0 Å². The lowest BCUT2D eigenvalue weighted by molar-refractivity contribution is 0.470. The van der Waals surface area contributed by atoms with Crippen molar-refractivity contribution in [3.8, 4) is 11.5 Å². The first-order chi connectivity index (χ1) is 9.51. The Morgan fingerprint density at radius 2 is 2.15 bits per heavy atom. The number of ether oxygens (including phenoxy) is 1. The maximum Gasteiger partial charge on any atom is 0.145 e. The summed E-state index contributed by atoms with van der Waals surface area (Å²) in [7, 11) is 1.87. The minimum absolute atomic E-state index is 0.0422. The van der Waals surface area contributed by atoms with Gasteiger partial charge in [0.15, 0.2) is 0 Å². The number of rotatable bonds is 4. The molecule has 1 N–H and O–H groups in total. The Morgan fingerprint density at radius 1 is 1.40 bits per heavy atom. The molecule has 106 valence electrons. The van der Waals surface area contributed by atoms with Gasteiger partial charge >= 0.3 is 0 Å². The lowest BCUT2D eigenvalue weighted by atomic mass is 10.2. The number of benzene rings is 1. The van der Waals surface area contributed by atoms with Crippen molar-refractivity contribution in [3.05, 3.63) is 51.5 Å². The van der Waals surface area contributed by atoms with Gasteiger partial charge in [0, 0.05) is 12.1 Å². The molecule has 20 heavy (non-hydrogen) atoms. The van der Waals surface area contributed by atoms with Crippen LogP contribution in [0, 0.1) is 5.82 Å². The number of aromatic nitrogens is 1. The molecule has 1 aromatic carbocycles. The zero-order chi connectivity index (χ0) is 14.7. The maximum absolute atomic E-state index is 13.4. The fourth-order valence-corrected chi connectivity index (χ4v) is 2.29. The normalized spacial score (nSPS) is 12.2. The van der Waals surface area contributed by atoms with Gasteiger partial charge in [-0.05, 0) is 48.1 Å². The molecular formula is C14H13BrClFN2O. The molecule has 0 aliphatic rings. The molecule has 1 atom stereocenters. The zero-order valence-corrected chi connectivity index (χ0v) is 13.3. The van der Waals surface area contributed by atoms with E-state index in [1.165, 1.54) is 12.1 Å². The second-order valence-electron chi connectivity index (χ2n) is 4.23. The SMILES string of the molecule is CNC(C)c1ccc(Oc2cc(F)c(Cl)cc2Br)cn1. The van der Waals surface area contributed by atoms with E-state index < -0.39 is 5.82 Å². The first kappa shape index (κ1) is 15.2. The van der Waals surface area contributed by atoms with E-state index in [0.717, 1.165) is 5.69 Å². The van der Waals surface area contributed by atoms with Crippen LogP contribution in [0.5, 0.6) is 11.5 Å². The smallest absolute Gasteiger partial charge is 0.145 e. The minimum Gasteiger partial charge on any atom is -0.454 e. The Hall–Kier alpha value is -1.17. The van der Waals surface area contributed by atoms with E-state index in [9.17, 15) is 4.39 Å². The highest BCUT2D eigenvalue weighted by Crippen LogP contribution is 2.33. The van der Waals surface area contributed by atoms with Gasteiger partial charge in [-0.15, -0.1) is 0 Å². The Balaban J connectivity index is 2.20. The van der Waals surface area contributed by atoms with Gasteiger partial charge in [0.1, 0.15) is 17.3 Å². The van der Waals surface area contributed by atoms with Crippen molar-refractivity contribution in [1.82, 2.24) is 10.3 Å². The fraction of sp³-hybridized carbons (Fsp3) is 0.214. The van der Waals surface area contributed by atoms with Crippen LogP contribution < -0.4 is 10.1 Å². The van der Waals surface area contributed by atoms with Gasteiger partial charge in [0.2, 0.25) is 0 Å². The summed E-state index contributed by atoms with van der Waals surface area (Å²) in [5.41, 5.74) is 0.904. The summed E-state index contributed by atoms with van der Waals surface area (Å²) < 4.78 is 19.6. The maximum atomic E-state index is 13.4. The molecule has 0 amide bonds. The van der Waals surface area contributed by atoms with Gasteiger partial charge in [0.25, 0.3) is 0 Å². The highest BCUT2D eigenvalue weighted by atomic mass is 79.9. The first-order valence-electron chi connectivity index (χ1n) is 5.97. The summed E-state index contributed by atoms with van der Waals surface area (Å²) >= 11 is 8.96. The average molecular weight is 360 g/mol. The third-order valence-corrected chi connectivity index (χ3v) is 3.75. The summed E-state index contributed by atoms with van der Waals surface area (Å²) in [5.74, 6) is 0.348. The Labute approximate surface area is 130 Å². The van der Waals surface area contributed by atoms with Gasteiger partial charge in [-0.25, -0.2) is 4.39 Å². The van der Waals surface area contributed by atoms with E-state index in [1.54, 1.807) is 12.3 Å². The van der Waals surface area contributed by atoms with E-state index >= 15 is 0 Å². The van der Waals surface area contributed by atoms with E-state index in [-0.39, 0.29) is 11.1 Å². The van der Waals surface area contributed by atoms with Crippen LogP contribution in [-0.2, 0) is 0 Å². The van der Waals surface area contributed by atoms with Crippen LogP contribution in [-0.4, -0.2) is 12.0 Å². The van der Waals surface area contributed by atoms with E-state index in [2.05, 4.69) is 26.2 Å². The second kappa shape index (κ2) is 6.52. The topological polar surface area (TPSA) is 34.1 Å². The molecule has 0 aliphatic heterocycles. The fourth-order valence-electron chi connectivity index (χ4n) is 1.57. The van der Waals surface area contributed by atoms with Crippen molar-refractivity contribution < 1.29 is 9.13 Å². The molecule has 0 saturated heterocycles. The Bertz CT molecular complexity index is 607. The highest BCUT2D eigenvalue weighted by Gasteiger charge is 2.10. The number of hydrogen-bond acceptors (Lipinski definition) is 3. The molecular weight excluding hydrogens is 347 g/mol. The third kappa shape index (κ3) is 3.48. The molecule has 0 aliphatic carbocycles. The van der Waals surface area contributed by atoms with Crippen LogP contribution >= 0.6 is 27.5 Å². The molecule has 2 rings (SSSR count).